The van der Waals surface area contributed by atoms with Gasteiger partial charge in [0, 0.05) is 18.4 Å². The summed E-state index contributed by atoms with van der Waals surface area (Å²) in [6.45, 7) is 1.11. The smallest absolute Gasteiger partial charge is 0.382 e. The molecule has 0 aliphatic carbocycles. The Labute approximate surface area is 144 Å². The number of alkyl halides is 3. The number of aromatic nitrogens is 2. The third-order valence-corrected chi connectivity index (χ3v) is 4.61. The van der Waals surface area contributed by atoms with Crippen LogP contribution in [0.5, 0.6) is 0 Å². The maximum Gasteiger partial charge on any atom is 0.416 e. The van der Waals surface area contributed by atoms with Crippen LogP contribution in [0.25, 0.3) is 0 Å². The van der Waals surface area contributed by atoms with Gasteiger partial charge in [0.05, 0.1) is 30.3 Å². The van der Waals surface area contributed by atoms with Crippen LogP contribution in [0.3, 0.4) is 0 Å². The maximum atomic E-state index is 12.7. The molecule has 25 heavy (non-hydrogen) atoms. The van der Waals surface area contributed by atoms with Gasteiger partial charge in [-0.1, -0.05) is 12.1 Å². The average Bonchev–Trinajstić information content (AvgIpc) is 2.56. The first-order chi connectivity index (χ1) is 11.9. The molecule has 1 saturated heterocycles. The van der Waals surface area contributed by atoms with Gasteiger partial charge in [-0.3, -0.25) is 4.98 Å². The fourth-order valence-electron chi connectivity index (χ4n) is 3.14. The van der Waals surface area contributed by atoms with Crippen molar-refractivity contribution in [3.05, 3.63) is 53.5 Å². The Hall–Kier alpha value is -2.15. The molecule has 7 heteroatoms. The van der Waals surface area contributed by atoms with E-state index >= 15 is 0 Å². The number of rotatable bonds is 2. The molecule has 3 rings (SSSR count). The van der Waals surface area contributed by atoms with Crippen LogP contribution in [-0.4, -0.2) is 23.2 Å². The first kappa shape index (κ1) is 17.7. The summed E-state index contributed by atoms with van der Waals surface area (Å²) < 4.78 is 43.8. The molecule has 1 fully saturated rings. The highest BCUT2D eigenvalue weighted by Crippen LogP contribution is 2.34. The van der Waals surface area contributed by atoms with Crippen molar-refractivity contribution in [2.75, 3.05) is 18.9 Å². The highest BCUT2D eigenvalue weighted by atomic mass is 19.4. The Morgan fingerprint density at radius 3 is 2.32 bits per heavy atom. The Bertz CT molecular complexity index is 686. The van der Waals surface area contributed by atoms with Crippen molar-refractivity contribution >= 4 is 5.82 Å². The average molecular weight is 351 g/mol. The molecule has 134 valence electrons. The predicted octanol–water partition coefficient (Wildman–Crippen LogP) is 4.15. The van der Waals surface area contributed by atoms with Crippen molar-refractivity contribution in [3.63, 3.8) is 0 Å². The van der Waals surface area contributed by atoms with Crippen molar-refractivity contribution in [1.29, 1.82) is 0 Å². The largest absolute Gasteiger partial charge is 0.416 e. The van der Waals surface area contributed by atoms with Crippen LogP contribution in [0.15, 0.2) is 36.7 Å². The molecule has 1 aliphatic heterocycles. The van der Waals surface area contributed by atoms with Gasteiger partial charge in [0.1, 0.15) is 5.82 Å². The molecule has 4 nitrogen and oxygen atoms in total. The molecule has 0 saturated carbocycles. The second-order valence-corrected chi connectivity index (χ2v) is 6.32. The third kappa shape index (κ3) is 4.48. The number of ether oxygens (including phenoxy) is 1. The summed E-state index contributed by atoms with van der Waals surface area (Å²) in [5, 5.41) is 0. The summed E-state index contributed by atoms with van der Waals surface area (Å²) in [6.07, 6.45) is 1.47. The lowest BCUT2D eigenvalue weighted by Gasteiger charge is -2.25. The molecule has 0 bridgehead atoms. The lowest BCUT2D eigenvalue weighted by Crippen LogP contribution is -2.17. The van der Waals surface area contributed by atoms with Crippen molar-refractivity contribution in [2.45, 2.75) is 37.3 Å². The van der Waals surface area contributed by atoms with Gasteiger partial charge < -0.3 is 10.5 Å². The number of benzene rings is 1. The minimum absolute atomic E-state index is 0.0758. The van der Waals surface area contributed by atoms with Crippen molar-refractivity contribution in [3.8, 4) is 0 Å². The summed E-state index contributed by atoms with van der Waals surface area (Å²) in [5.41, 5.74) is 6.70. The number of hydrogen-bond acceptors (Lipinski definition) is 4. The van der Waals surface area contributed by atoms with Gasteiger partial charge in [-0.15, -0.1) is 0 Å². The third-order valence-electron chi connectivity index (χ3n) is 4.61. The van der Waals surface area contributed by atoms with Gasteiger partial charge in [0.25, 0.3) is 0 Å². The second kappa shape index (κ2) is 7.39. The van der Waals surface area contributed by atoms with Gasteiger partial charge in [-0.05, 0) is 37.0 Å². The molecule has 0 radical (unpaired) electrons. The zero-order valence-electron chi connectivity index (χ0n) is 13.7. The molecule has 2 heterocycles. The summed E-state index contributed by atoms with van der Waals surface area (Å²) in [6, 6.07) is 5.38. The molecule has 1 aromatic heterocycles. The van der Waals surface area contributed by atoms with E-state index in [0.717, 1.165) is 42.7 Å². The summed E-state index contributed by atoms with van der Waals surface area (Å²) in [5.74, 6) is 0.672. The summed E-state index contributed by atoms with van der Waals surface area (Å²) >= 11 is 0. The van der Waals surface area contributed by atoms with Crippen molar-refractivity contribution < 1.29 is 17.9 Å². The molecule has 1 aliphatic rings. The highest BCUT2D eigenvalue weighted by molar-refractivity contribution is 5.28. The van der Waals surface area contributed by atoms with E-state index in [1.807, 2.05) is 0 Å². The quantitative estimate of drug-likeness (QED) is 0.883. The van der Waals surface area contributed by atoms with Crippen molar-refractivity contribution in [2.24, 2.45) is 0 Å². The standard InChI is InChI=1S/C18H20F3N3O/c19-18(20,21)15-5-3-12(4-6-15)14-2-1-13(7-8-25-11-14)16-9-24-17(22)10-23-16/h3-6,9-10,13-14H,1-2,7-8,11H2,(H2,22,24)/t13?,14-/m1/s1. The number of nitrogens with zero attached hydrogens (tertiary/aromatic N) is 2. The number of nitrogen functional groups attached to an aromatic ring is 1. The molecular formula is C18H20F3N3O. The predicted molar refractivity (Wildman–Crippen MR) is 88.0 cm³/mol. The number of hydrogen-bond donors (Lipinski definition) is 1. The van der Waals surface area contributed by atoms with E-state index in [1.54, 1.807) is 24.5 Å². The zero-order valence-corrected chi connectivity index (χ0v) is 13.7. The maximum absolute atomic E-state index is 12.7. The molecule has 2 aromatic rings. The molecule has 1 aromatic carbocycles. The van der Waals surface area contributed by atoms with Gasteiger partial charge >= 0.3 is 6.18 Å². The normalized spacial score (nSPS) is 22.2. The zero-order chi connectivity index (χ0) is 17.9. The van der Waals surface area contributed by atoms with Gasteiger partial charge in [0.2, 0.25) is 0 Å². The van der Waals surface area contributed by atoms with E-state index in [-0.39, 0.29) is 11.8 Å². The van der Waals surface area contributed by atoms with Gasteiger partial charge in [0.15, 0.2) is 0 Å². The van der Waals surface area contributed by atoms with Gasteiger partial charge in [-0.25, -0.2) is 4.98 Å². The topological polar surface area (TPSA) is 61.0 Å². The van der Waals surface area contributed by atoms with E-state index in [4.69, 9.17) is 10.5 Å². The van der Waals surface area contributed by atoms with E-state index in [0.29, 0.717) is 19.0 Å². The lowest BCUT2D eigenvalue weighted by atomic mass is 9.87. The van der Waals surface area contributed by atoms with Crippen LogP contribution in [0.1, 0.15) is 47.9 Å². The highest BCUT2D eigenvalue weighted by Gasteiger charge is 2.30. The van der Waals surface area contributed by atoms with E-state index < -0.39 is 11.7 Å². The minimum atomic E-state index is -4.31. The fraction of sp³-hybridized carbons (Fsp3) is 0.444. The molecule has 2 atom stereocenters. The number of halogens is 3. The first-order valence-corrected chi connectivity index (χ1v) is 8.26. The monoisotopic (exact) mass is 351 g/mol. The van der Waals surface area contributed by atoms with E-state index in [9.17, 15) is 13.2 Å². The number of nitrogens with two attached hydrogens (primary N) is 1. The van der Waals surface area contributed by atoms with Crippen molar-refractivity contribution in [1.82, 2.24) is 9.97 Å². The molecule has 0 spiro atoms. The van der Waals surface area contributed by atoms with Crippen LogP contribution in [0.2, 0.25) is 0 Å². The van der Waals surface area contributed by atoms with E-state index in [2.05, 4.69) is 9.97 Å². The summed E-state index contributed by atoms with van der Waals surface area (Å²) in [7, 11) is 0. The van der Waals surface area contributed by atoms with Gasteiger partial charge in [-0.2, -0.15) is 13.2 Å². The van der Waals surface area contributed by atoms with Crippen LogP contribution in [0.4, 0.5) is 19.0 Å². The Kier molecular flexibility index (Phi) is 5.22. The van der Waals surface area contributed by atoms with Crippen LogP contribution < -0.4 is 5.73 Å². The molecular weight excluding hydrogens is 331 g/mol. The van der Waals surface area contributed by atoms with Crippen LogP contribution in [0, 0.1) is 0 Å². The van der Waals surface area contributed by atoms with Crippen LogP contribution in [-0.2, 0) is 10.9 Å². The Balaban J connectivity index is 1.70. The summed E-state index contributed by atoms with van der Waals surface area (Å²) in [4.78, 5) is 8.43. The minimum Gasteiger partial charge on any atom is -0.382 e. The fourth-order valence-corrected chi connectivity index (χ4v) is 3.14. The number of anilines is 1. The van der Waals surface area contributed by atoms with Crippen LogP contribution >= 0.6 is 0 Å². The second-order valence-electron chi connectivity index (χ2n) is 6.32. The Morgan fingerprint density at radius 1 is 0.960 bits per heavy atom. The lowest BCUT2D eigenvalue weighted by molar-refractivity contribution is -0.137. The molecule has 1 unspecified atom stereocenters. The first-order valence-electron chi connectivity index (χ1n) is 8.26. The van der Waals surface area contributed by atoms with E-state index in [1.165, 1.54) is 0 Å². The SMILES string of the molecule is Nc1cnc(C2CCOC[C@H](c3ccc(C(F)(F)F)cc3)CC2)cn1. The molecule has 2 N–H and O–H groups in total. The Morgan fingerprint density at radius 2 is 1.68 bits per heavy atom. The molecule has 0 amide bonds.